The lowest BCUT2D eigenvalue weighted by atomic mass is 9.94. The zero-order valence-corrected chi connectivity index (χ0v) is 18.7. The fourth-order valence-corrected chi connectivity index (χ4v) is 4.12. The maximum atomic E-state index is 14.7. The van der Waals surface area contributed by atoms with E-state index in [1.54, 1.807) is 12.1 Å². The van der Waals surface area contributed by atoms with E-state index in [0.29, 0.717) is 36.9 Å². The monoisotopic (exact) mass is 436 g/mol. The smallest absolute Gasteiger partial charge is 0.253 e. The van der Waals surface area contributed by atoms with Gasteiger partial charge in [0.15, 0.2) is 5.96 Å². The van der Waals surface area contributed by atoms with Crippen LogP contribution >= 0.6 is 0 Å². The molecule has 6 nitrogen and oxygen atoms in total. The van der Waals surface area contributed by atoms with E-state index in [2.05, 4.69) is 10.1 Å². The molecule has 0 radical (unpaired) electrons. The van der Waals surface area contributed by atoms with Crippen molar-refractivity contribution in [1.82, 2.24) is 10.1 Å². The molecule has 4 rings (SSSR count). The van der Waals surface area contributed by atoms with Gasteiger partial charge in [-0.1, -0.05) is 54.5 Å². The van der Waals surface area contributed by atoms with Crippen molar-refractivity contribution in [3.8, 4) is 11.1 Å². The molecular formula is C25H29FN4O2. The van der Waals surface area contributed by atoms with Crippen molar-refractivity contribution in [3.63, 3.8) is 0 Å². The first-order chi connectivity index (χ1) is 15.4. The molecular weight excluding hydrogens is 407 g/mol. The third kappa shape index (κ3) is 5.16. The molecule has 1 saturated heterocycles. The van der Waals surface area contributed by atoms with Crippen LogP contribution in [0.4, 0.5) is 10.3 Å². The van der Waals surface area contributed by atoms with Crippen LogP contribution in [0.3, 0.4) is 0 Å². The molecule has 2 heterocycles. The Morgan fingerprint density at radius 1 is 1.16 bits per heavy atom. The first-order valence-corrected chi connectivity index (χ1v) is 10.9. The summed E-state index contributed by atoms with van der Waals surface area (Å²) in [5.41, 5.74) is 9.30. The molecule has 0 spiro atoms. The van der Waals surface area contributed by atoms with Gasteiger partial charge in [0, 0.05) is 24.7 Å². The maximum Gasteiger partial charge on any atom is 0.253 e. The van der Waals surface area contributed by atoms with Gasteiger partial charge in [-0.2, -0.15) is 4.99 Å². The first-order valence-electron chi connectivity index (χ1n) is 10.9. The highest BCUT2D eigenvalue weighted by Crippen LogP contribution is 2.28. The Hall–Kier alpha value is -3.19. The summed E-state index contributed by atoms with van der Waals surface area (Å²) >= 11 is 0. The summed E-state index contributed by atoms with van der Waals surface area (Å²) in [6.07, 6.45) is 0.786. The number of ether oxygens (including phenoxy) is 1. The summed E-state index contributed by atoms with van der Waals surface area (Å²) < 4.78 is 25.8. The molecule has 3 aromatic rings. The van der Waals surface area contributed by atoms with Crippen molar-refractivity contribution in [2.45, 2.75) is 45.3 Å². The van der Waals surface area contributed by atoms with Crippen LogP contribution in [0.2, 0.25) is 0 Å². The van der Waals surface area contributed by atoms with Crippen LogP contribution in [-0.4, -0.2) is 41.3 Å². The molecule has 32 heavy (non-hydrogen) atoms. The largest absolute Gasteiger partial charge is 0.372 e. The summed E-state index contributed by atoms with van der Waals surface area (Å²) in [5, 5.41) is 4.12. The van der Waals surface area contributed by atoms with Crippen molar-refractivity contribution in [2.24, 2.45) is 10.7 Å². The van der Waals surface area contributed by atoms with Crippen molar-refractivity contribution in [2.75, 3.05) is 13.1 Å². The highest BCUT2D eigenvalue weighted by molar-refractivity contribution is 5.80. The zero-order valence-electron chi connectivity index (χ0n) is 18.7. The number of aliphatic imine (C=N–C) groups is 1. The van der Waals surface area contributed by atoms with Crippen LogP contribution < -0.4 is 5.73 Å². The molecule has 2 aromatic carbocycles. The minimum atomic E-state index is -0.229. The zero-order chi connectivity index (χ0) is 22.7. The van der Waals surface area contributed by atoms with Crippen LogP contribution in [0.1, 0.15) is 37.9 Å². The minimum Gasteiger partial charge on any atom is -0.372 e. The molecule has 168 valence electrons. The Labute approximate surface area is 187 Å². The number of hydrogen-bond donors (Lipinski definition) is 1. The summed E-state index contributed by atoms with van der Waals surface area (Å²) in [6.45, 7) is 7.43. The molecule has 3 unspecified atom stereocenters. The molecule has 0 amide bonds. The molecule has 1 aromatic heterocycles. The number of rotatable bonds is 5. The number of guanidine groups is 1. The standard InChI is InChI=1S/C25H29FN4O2/c1-16(20-9-10-22(23(26)12-20)19-7-5-4-6-8-19)11-21-13-24(32-29-21)28-25(27)30-14-17(2)31-18(3)15-30/h4-10,12-13,16-18H,11,14-15H2,1-3H3,(H2,27,28). The van der Waals surface area contributed by atoms with Gasteiger partial charge in [-0.3, -0.25) is 0 Å². The van der Waals surface area contributed by atoms with Crippen LogP contribution in [-0.2, 0) is 11.2 Å². The third-order valence-electron chi connectivity index (χ3n) is 5.68. The van der Waals surface area contributed by atoms with Gasteiger partial charge in [-0.05, 0) is 43.4 Å². The molecule has 0 saturated carbocycles. The predicted molar refractivity (Wildman–Crippen MR) is 123 cm³/mol. The molecule has 0 aliphatic carbocycles. The van der Waals surface area contributed by atoms with E-state index >= 15 is 0 Å². The number of benzene rings is 2. The van der Waals surface area contributed by atoms with Crippen LogP contribution in [0, 0.1) is 5.82 Å². The lowest BCUT2D eigenvalue weighted by Crippen LogP contribution is -2.50. The number of halogens is 1. The fraction of sp³-hybridized carbons (Fsp3) is 0.360. The summed E-state index contributed by atoms with van der Waals surface area (Å²) in [7, 11) is 0. The summed E-state index contributed by atoms with van der Waals surface area (Å²) in [4.78, 5) is 6.37. The minimum absolute atomic E-state index is 0.0644. The number of aromatic nitrogens is 1. The van der Waals surface area contributed by atoms with E-state index in [-0.39, 0.29) is 23.9 Å². The second kappa shape index (κ2) is 9.53. The molecule has 1 aliphatic heterocycles. The average Bonchev–Trinajstić information content (AvgIpc) is 3.20. The van der Waals surface area contributed by atoms with E-state index in [1.165, 1.54) is 0 Å². The molecule has 2 N–H and O–H groups in total. The molecule has 7 heteroatoms. The van der Waals surface area contributed by atoms with E-state index in [4.69, 9.17) is 15.0 Å². The van der Waals surface area contributed by atoms with E-state index < -0.39 is 0 Å². The van der Waals surface area contributed by atoms with Crippen LogP contribution in [0.25, 0.3) is 11.1 Å². The number of morpholine rings is 1. The second-order valence-corrected chi connectivity index (χ2v) is 8.50. The molecule has 0 bridgehead atoms. The predicted octanol–water partition coefficient (Wildman–Crippen LogP) is 4.88. The van der Waals surface area contributed by atoms with Gasteiger partial charge in [-0.25, -0.2) is 4.39 Å². The number of nitrogens with zero attached hydrogens (tertiary/aromatic N) is 3. The highest BCUT2D eigenvalue weighted by atomic mass is 19.1. The quantitative estimate of drug-likeness (QED) is 0.456. The van der Waals surface area contributed by atoms with Crippen molar-refractivity contribution in [3.05, 3.63) is 71.7 Å². The lowest BCUT2D eigenvalue weighted by molar-refractivity contribution is -0.0483. The van der Waals surface area contributed by atoms with Gasteiger partial charge in [0.25, 0.3) is 5.88 Å². The molecule has 3 atom stereocenters. The Balaban J connectivity index is 1.42. The fourth-order valence-electron chi connectivity index (χ4n) is 4.12. The normalized spacial score (nSPS) is 20.4. The number of hydrogen-bond acceptors (Lipinski definition) is 4. The topological polar surface area (TPSA) is 76.9 Å². The lowest BCUT2D eigenvalue weighted by Gasteiger charge is -2.35. The molecule has 1 aliphatic rings. The van der Waals surface area contributed by atoms with Crippen molar-refractivity contribution < 1.29 is 13.7 Å². The SMILES string of the molecule is CC1CN(C(N)=Nc2cc(CC(C)c3ccc(-c4ccccc4)c(F)c3)no2)CC(C)O1. The maximum absolute atomic E-state index is 14.7. The summed E-state index contributed by atoms with van der Waals surface area (Å²) in [6, 6.07) is 16.7. The van der Waals surface area contributed by atoms with Gasteiger partial charge in [0.05, 0.1) is 17.9 Å². The highest BCUT2D eigenvalue weighted by Gasteiger charge is 2.24. The van der Waals surface area contributed by atoms with Gasteiger partial charge >= 0.3 is 0 Å². The Morgan fingerprint density at radius 2 is 1.88 bits per heavy atom. The Morgan fingerprint density at radius 3 is 2.56 bits per heavy atom. The van der Waals surface area contributed by atoms with E-state index in [1.807, 2.05) is 68.1 Å². The van der Waals surface area contributed by atoms with E-state index in [0.717, 1.165) is 16.8 Å². The van der Waals surface area contributed by atoms with Crippen molar-refractivity contribution >= 4 is 11.8 Å². The van der Waals surface area contributed by atoms with Gasteiger partial charge < -0.3 is 19.9 Å². The molecule has 1 fully saturated rings. The summed E-state index contributed by atoms with van der Waals surface area (Å²) in [5.74, 6) is 0.589. The van der Waals surface area contributed by atoms with Gasteiger partial charge in [0.1, 0.15) is 5.82 Å². The van der Waals surface area contributed by atoms with Crippen LogP contribution in [0.15, 0.2) is 64.1 Å². The second-order valence-electron chi connectivity index (χ2n) is 8.50. The Kier molecular flexibility index (Phi) is 6.55. The van der Waals surface area contributed by atoms with Gasteiger partial charge in [0.2, 0.25) is 0 Å². The first kappa shape index (κ1) is 22.0. The third-order valence-corrected chi connectivity index (χ3v) is 5.68. The van der Waals surface area contributed by atoms with Gasteiger partial charge in [-0.15, -0.1) is 0 Å². The van der Waals surface area contributed by atoms with Crippen LogP contribution in [0.5, 0.6) is 0 Å². The van der Waals surface area contributed by atoms with Crippen molar-refractivity contribution in [1.29, 1.82) is 0 Å². The number of nitrogens with two attached hydrogens (primary N) is 1. The van der Waals surface area contributed by atoms with E-state index in [9.17, 15) is 4.39 Å². The Bertz CT molecular complexity index is 1070. The average molecular weight is 437 g/mol.